The normalized spacial score (nSPS) is 14.8. The molecule has 1 amide bonds. The summed E-state index contributed by atoms with van der Waals surface area (Å²) in [7, 11) is 0. The lowest BCUT2D eigenvalue weighted by atomic mass is 9.97. The number of rotatable bonds is 6. The number of carbonyl (C=O) groups excluding carboxylic acids is 2. The smallest absolute Gasteiger partial charge is 0.338 e. The Morgan fingerprint density at radius 3 is 2.53 bits per heavy atom. The number of nitrogens with one attached hydrogen (secondary N) is 1. The number of H-pyrrole nitrogens is 1. The number of thiophene rings is 1. The Balaban J connectivity index is 1.62. The van der Waals surface area contributed by atoms with Gasteiger partial charge in [-0.1, -0.05) is 6.07 Å². The molecule has 2 aromatic heterocycles. The maximum Gasteiger partial charge on any atom is 0.338 e. The molecule has 1 atom stereocenters. The number of nitrogens with zero attached hydrogens (tertiary/aromatic N) is 3. The first kappa shape index (κ1) is 21.5. The lowest BCUT2D eigenvalue weighted by molar-refractivity contribution is -0.384. The number of ether oxygens (including phenoxy) is 1. The number of esters is 1. The van der Waals surface area contributed by atoms with Gasteiger partial charge >= 0.3 is 5.97 Å². The monoisotopic (exact) mass is 474 g/mol. The fourth-order valence-corrected chi connectivity index (χ4v) is 4.82. The van der Waals surface area contributed by atoms with E-state index in [9.17, 15) is 19.7 Å². The van der Waals surface area contributed by atoms with Crippen molar-refractivity contribution in [3.8, 4) is 10.6 Å². The molecule has 34 heavy (non-hydrogen) atoms. The van der Waals surface area contributed by atoms with Crippen molar-refractivity contribution < 1.29 is 19.2 Å². The second kappa shape index (κ2) is 8.56. The van der Waals surface area contributed by atoms with Crippen molar-refractivity contribution in [2.75, 3.05) is 11.5 Å². The predicted molar refractivity (Wildman–Crippen MR) is 126 cm³/mol. The minimum Gasteiger partial charge on any atom is -0.462 e. The molecular weight excluding hydrogens is 456 g/mol. The van der Waals surface area contributed by atoms with E-state index in [2.05, 4.69) is 10.2 Å². The van der Waals surface area contributed by atoms with Gasteiger partial charge in [0.25, 0.3) is 11.6 Å². The lowest BCUT2D eigenvalue weighted by Gasteiger charge is -2.26. The van der Waals surface area contributed by atoms with Crippen molar-refractivity contribution in [3.05, 3.63) is 98.5 Å². The summed E-state index contributed by atoms with van der Waals surface area (Å²) >= 11 is 1.52. The van der Waals surface area contributed by atoms with Gasteiger partial charge in [0, 0.05) is 23.4 Å². The van der Waals surface area contributed by atoms with E-state index in [0.29, 0.717) is 28.1 Å². The molecule has 0 unspecified atom stereocenters. The third kappa shape index (κ3) is 3.54. The van der Waals surface area contributed by atoms with E-state index in [0.717, 1.165) is 10.6 Å². The molecule has 0 aliphatic carbocycles. The third-order valence-corrected chi connectivity index (χ3v) is 6.49. The molecule has 0 radical (unpaired) electrons. The molecule has 0 saturated heterocycles. The van der Waals surface area contributed by atoms with Crippen LogP contribution >= 0.6 is 11.3 Å². The molecule has 0 fully saturated rings. The van der Waals surface area contributed by atoms with Gasteiger partial charge in [-0.05, 0) is 60.3 Å². The molecule has 9 nitrogen and oxygen atoms in total. The summed E-state index contributed by atoms with van der Waals surface area (Å²) in [4.78, 5) is 38.8. The zero-order valence-electron chi connectivity index (χ0n) is 17.9. The number of benzene rings is 2. The van der Waals surface area contributed by atoms with E-state index in [-0.39, 0.29) is 18.2 Å². The number of nitro benzene ring substituents is 1. The molecule has 5 rings (SSSR count). The van der Waals surface area contributed by atoms with Crippen LogP contribution in [0, 0.1) is 10.1 Å². The fourth-order valence-electron chi connectivity index (χ4n) is 4.08. The Kier molecular flexibility index (Phi) is 5.42. The predicted octanol–water partition coefficient (Wildman–Crippen LogP) is 4.97. The summed E-state index contributed by atoms with van der Waals surface area (Å²) in [6.07, 6.45) is 0. The van der Waals surface area contributed by atoms with Crippen LogP contribution in [0.3, 0.4) is 0 Å². The van der Waals surface area contributed by atoms with E-state index in [1.54, 1.807) is 48.2 Å². The topological polar surface area (TPSA) is 118 Å². The molecule has 1 aliphatic rings. The van der Waals surface area contributed by atoms with Crippen LogP contribution in [0.25, 0.3) is 10.6 Å². The number of fused-ring (bicyclic) bond motifs is 1. The van der Waals surface area contributed by atoms with Gasteiger partial charge in [0.2, 0.25) is 0 Å². The first-order valence-electron chi connectivity index (χ1n) is 10.5. The van der Waals surface area contributed by atoms with E-state index in [4.69, 9.17) is 4.74 Å². The average Bonchev–Trinajstić information content (AvgIpc) is 3.57. The SMILES string of the molecule is CCOC(=O)c1ccc(N2C(=O)c3n[nH]c(-c4cccs4)c3[C@@H]2c2ccc([N+](=O)[O-])cc2)cc1. The molecule has 1 N–H and O–H groups in total. The number of non-ortho nitro benzene ring substituents is 1. The van der Waals surface area contributed by atoms with Gasteiger partial charge < -0.3 is 4.74 Å². The molecular formula is C24H18N4O5S. The number of carbonyl (C=O) groups is 2. The van der Waals surface area contributed by atoms with Crippen LogP contribution in [0.2, 0.25) is 0 Å². The van der Waals surface area contributed by atoms with Crippen molar-refractivity contribution >= 4 is 34.6 Å². The third-order valence-electron chi connectivity index (χ3n) is 5.60. The highest BCUT2D eigenvalue weighted by Gasteiger charge is 2.43. The molecule has 3 heterocycles. The largest absolute Gasteiger partial charge is 0.462 e. The lowest BCUT2D eigenvalue weighted by Crippen LogP contribution is -2.29. The van der Waals surface area contributed by atoms with Crippen molar-refractivity contribution in [2.45, 2.75) is 13.0 Å². The van der Waals surface area contributed by atoms with Crippen LogP contribution in [0.4, 0.5) is 11.4 Å². The number of nitro groups is 1. The first-order valence-corrected chi connectivity index (χ1v) is 11.3. The standard InChI is InChI=1S/C24H18N4O5S/c1-2-33-24(30)15-7-9-16(10-8-15)27-22(14-5-11-17(12-6-14)28(31)32)19-20(18-4-3-13-34-18)25-26-21(19)23(27)29/h3-13,22H,2H2,1H3,(H,25,26)/t22-/m0/s1. The van der Waals surface area contributed by atoms with Gasteiger partial charge in [-0.2, -0.15) is 5.10 Å². The number of amides is 1. The Morgan fingerprint density at radius 2 is 1.91 bits per heavy atom. The van der Waals surface area contributed by atoms with Crippen molar-refractivity contribution in [1.82, 2.24) is 10.2 Å². The Labute approximate surface area is 197 Å². The van der Waals surface area contributed by atoms with Crippen molar-refractivity contribution in [2.24, 2.45) is 0 Å². The number of hydrogen-bond acceptors (Lipinski definition) is 7. The van der Waals surface area contributed by atoms with Gasteiger partial charge in [-0.3, -0.25) is 24.9 Å². The molecule has 0 spiro atoms. The maximum atomic E-state index is 13.5. The van der Waals surface area contributed by atoms with Crippen LogP contribution < -0.4 is 4.90 Å². The molecule has 2 aromatic carbocycles. The number of aromatic amines is 1. The number of anilines is 1. The fraction of sp³-hybridized carbons (Fsp3) is 0.125. The molecule has 1 aliphatic heterocycles. The Bertz CT molecular complexity index is 1380. The molecule has 4 aromatic rings. The summed E-state index contributed by atoms with van der Waals surface area (Å²) in [6, 6.07) is 16.0. The highest BCUT2D eigenvalue weighted by atomic mass is 32.1. The van der Waals surface area contributed by atoms with Gasteiger partial charge in [0.1, 0.15) is 0 Å². The molecule has 170 valence electrons. The highest BCUT2D eigenvalue weighted by Crippen LogP contribution is 2.45. The van der Waals surface area contributed by atoms with Gasteiger partial charge in [-0.15, -0.1) is 11.3 Å². The number of hydrogen-bond donors (Lipinski definition) is 1. The van der Waals surface area contributed by atoms with Crippen LogP contribution in [0.1, 0.15) is 44.9 Å². The summed E-state index contributed by atoms with van der Waals surface area (Å²) < 4.78 is 5.04. The summed E-state index contributed by atoms with van der Waals surface area (Å²) in [5.74, 6) is -0.747. The van der Waals surface area contributed by atoms with E-state index >= 15 is 0 Å². The Morgan fingerprint density at radius 1 is 1.18 bits per heavy atom. The minimum atomic E-state index is -0.562. The zero-order valence-corrected chi connectivity index (χ0v) is 18.7. The van der Waals surface area contributed by atoms with Crippen LogP contribution in [0.5, 0.6) is 0 Å². The molecule has 10 heteroatoms. The van der Waals surface area contributed by atoms with E-state index in [1.165, 1.54) is 23.5 Å². The van der Waals surface area contributed by atoms with Gasteiger partial charge in [-0.25, -0.2) is 4.79 Å². The second-order valence-corrected chi connectivity index (χ2v) is 8.48. The van der Waals surface area contributed by atoms with Crippen LogP contribution in [0.15, 0.2) is 66.0 Å². The highest BCUT2D eigenvalue weighted by molar-refractivity contribution is 7.13. The van der Waals surface area contributed by atoms with Crippen molar-refractivity contribution in [3.63, 3.8) is 0 Å². The molecule has 0 bridgehead atoms. The maximum absolute atomic E-state index is 13.5. The van der Waals surface area contributed by atoms with E-state index < -0.39 is 16.9 Å². The quantitative estimate of drug-likeness (QED) is 0.239. The van der Waals surface area contributed by atoms with Crippen LogP contribution in [-0.4, -0.2) is 33.6 Å². The summed E-state index contributed by atoms with van der Waals surface area (Å²) in [5, 5.41) is 20.4. The molecule has 0 saturated carbocycles. The first-order chi connectivity index (χ1) is 16.5. The average molecular weight is 474 g/mol. The van der Waals surface area contributed by atoms with Gasteiger partial charge in [0.05, 0.1) is 33.7 Å². The number of aromatic nitrogens is 2. The van der Waals surface area contributed by atoms with Crippen LogP contribution in [-0.2, 0) is 4.74 Å². The Hall–Kier alpha value is -4.31. The van der Waals surface area contributed by atoms with Crippen molar-refractivity contribution in [1.29, 1.82) is 0 Å². The zero-order chi connectivity index (χ0) is 23.8. The van der Waals surface area contributed by atoms with Gasteiger partial charge in [0.15, 0.2) is 5.69 Å². The summed E-state index contributed by atoms with van der Waals surface area (Å²) in [5.41, 5.74) is 3.33. The summed E-state index contributed by atoms with van der Waals surface area (Å²) in [6.45, 7) is 2.00. The van der Waals surface area contributed by atoms with E-state index in [1.807, 2.05) is 17.5 Å². The second-order valence-electron chi connectivity index (χ2n) is 7.53. The minimum absolute atomic E-state index is 0.0377.